The lowest BCUT2D eigenvalue weighted by atomic mass is 9.97. The summed E-state index contributed by atoms with van der Waals surface area (Å²) >= 11 is 0. The summed E-state index contributed by atoms with van der Waals surface area (Å²) < 4.78 is 0. The molecule has 1 aromatic heterocycles. The van der Waals surface area contributed by atoms with Gasteiger partial charge in [-0.1, -0.05) is 11.6 Å². The molecule has 0 atom stereocenters. The van der Waals surface area contributed by atoms with Crippen molar-refractivity contribution in [2.45, 2.75) is 58.4 Å². The number of hydrogen-bond acceptors (Lipinski definition) is 4. The number of anilines is 1. The number of hydrogen-bond donors (Lipinski definition) is 2. The van der Waals surface area contributed by atoms with Crippen molar-refractivity contribution in [2.75, 3.05) is 11.9 Å². The Bertz CT molecular complexity index is 546. The Morgan fingerprint density at radius 3 is 2.82 bits per heavy atom. The molecule has 0 aliphatic heterocycles. The predicted molar refractivity (Wildman–Crippen MR) is 88.9 cm³/mol. The van der Waals surface area contributed by atoms with E-state index in [1.165, 1.54) is 31.3 Å². The van der Waals surface area contributed by atoms with Crippen LogP contribution in [0.5, 0.6) is 0 Å². The van der Waals surface area contributed by atoms with Gasteiger partial charge < -0.3 is 10.6 Å². The summed E-state index contributed by atoms with van der Waals surface area (Å²) in [7, 11) is 0. The normalized spacial score (nSPS) is 15.1. The second-order valence-electron chi connectivity index (χ2n) is 6.75. The van der Waals surface area contributed by atoms with Crippen molar-refractivity contribution in [1.82, 2.24) is 15.3 Å². The molecule has 22 heavy (non-hydrogen) atoms. The summed E-state index contributed by atoms with van der Waals surface area (Å²) in [6, 6.07) is 1.63. The zero-order valence-corrected chi connectivity index (χ0v) is 13.8. The Kier molecular flexibility index (Phi) is 5.52. The quantitative estimate of drug-likeness (QED) is 0.819. The zero-order chi connectivity index (χ0) is 16.0. The molecule has 0 bridgehead atoms. The highest BCUT2D eigenvalue weighted by molar-refractivity contribution is 5.92. The molecule has 0 fully saturated rings. The standard InChI is InChI=1S/C17H26N4O/c1-17(2,3)21-15(22)14-10-12-19-16(20-14)18-11-9-13-7-5-4-6-8-13/h7,10,12H,4-6,8-9,11H2,1-3H3,(H,21,22)(H,18,19,20). The highest BCUT2D eigenvalue weighted by atomic mass is 16.2. The highest BCUT2D eigenvalue weighted by Crippen LogP contribution is 2.19. The number of nitrogens with one attached hydrogen (secondary N) is 2. The fraction of sp³-hybridized carbons (Fsp3) is 0.588. The maximum absolute atomic E-state index is 12.1. The van der Waals surface area contributed by atoms with E-state index in [2.05, 4.69) is 26.7 Å². The molecule has 2 N–H and O–H groups in total. The first-order valence-electron chi connectivity index (χ1n) is 8.01. The Labute approximate surface area is 132 Å². The van der Waals surface area contributed by atoms with Gasteiger partial charge in [0.15, 0.2) is 0 Å². The molecule has 1 heterocycles. The SMILES string of the molecule is CC(C)(C)NC(=O)c1ccnc(NCCC2=CCCCC2)n1. The Morgan fingerprint density at radius 2 is 2.14 bits per heavy atom. The van der Waals surface area contributed by atoms with E-state index < -0.39 is 0 Å². The van der Waals surface area contributed by atoms with Crippen LogP contribution < -0.4 is 10.6 Å². The van der Waals surface area contributed by atoms with Gasteiger partial charge in [0.2, 0.25) is 5.95 Å². The minimum Gasteiger partial charge on any atom is -0.354 e. The first-order valence-corrected chi connectivity index (χ1v) is 8.01. The monoisotopic (exact) mass is 302 g/mol. The smallest absolute Gasteiger partial charge is 0.270 e. The van der Waals surface area contributed by atoms with Gasteiger partial charge in [-0.05, 0) is 58.9 Å². The van der Waals surface area contributed by atoms with E-state index in [9.17, 15) is 4.79 Å². The van der Waals surface area contributed by atoms with Gasteiger partial charge in [0.1, 0.15) is 5.69 Å². The van der Waals surface area contributed by atoms with E-state index in [0.717, 1.165) is 13.0 Å². The average Bonchev–Trinajstić information content (AvgIpc) is 2.47. The van der Waals surface area contributed by atoms with Crippen LogP contribution in [0.15, 0.2) is 23.9 Å². The Morgan fingerprint density at radius 1 is 1.32 bits per heavy atom. The fourth-order valence-corrected chi connectivity index (χ4v) is 2.44. The number of carbonyl (C=O) groups excluding carboxylic acids is 1. The van der Waals surface area contributed by atoms with Crippen LogP contribution in [-0.4, -0.2) is 28.0 Å². The van der Waals surface area contributed by atoms with Gasteiger partial charge in [0.05, 0.1) is 0 Å². The van der Waals surface area contributed by atoms with E-state index in [1.54, 1.807) is 12.3 Å². The van der Waals surface area contributed by atoms with Gasteiger partial charge in [0, 0.05) is 18.3 Å². The summed E-state index contributed by atoms with van der Waals surface area (Å²) in [4.78, 5) is 20.6. The van der Waals surface area contributed by atoms with Crippen LogP contribution in [0, 0.1) is 0 Å². The molecule has 0 spiro atoms. The minimum atomic E-state index is -0.275. The molecule has 1 aromatic rings. The van der Waals surface area contributed by atoms with E-state index in [0.29, 0.717) is 11.6 Å². The van der Waals surface area contributed by atoms with Crippen molar-refractivity contribution in [1.29, 1.82) is 0 Å². The Balaban J connectivity index is 1.88. The summed E-state index contributed by atoms with van der Waals surface area (Å²) in [5, 5.41) is 6.11. The fourth-order valence-electron chi connectivity index (χ4n) is 2.44. The first kappa shape index (κ1) is 16.5. The van der Waals surface area contributed by atoms with Crippen LogP contribution in [0.25, 0.3) is 0 Å². The molecule has 2 rings (SSSR count). The minimum absolute atomic E-state index is 0.173. The lowest BCUT2D eigenvalue weighted by Gasteiger charge is -2.20. The summed E-state index contributed by atoms with van der Waals surface area (Å²) in [5.41, 5.74) is 1.63. The molecular weight excluding hydrogens is 276 g/mol. The lowest BCUT2D eigenvalue weighted by molar-refractivity contribution is 0.0914. The second kappa shape index (κ2) is 7.38. The molecule has 1 aliphatic rings. The van der Waals surface area contributed by atoms with Crippen molar-refractivity contribution in [2.24, 2.45) is 0 Å². The average molecular weight is 302 g/mol. The molecule has 5 nitrogen and oxygen atoms in total. The van der Waals surface area contributed by atoms with Gasteiger partial charge in [-0.3, -0.25) is 4.79 Å². The maximum Gasteiger partial charge on any atom is 0.270 e. The largest absolute Gasteiger partial charge is 0.354 e. The van der Waals surface area contributed by atoms with E-state index in [-0.39, 0.29) is 11.4 Å². The zero-order valence-electron chi connectivity index (χ0n) is 13.8. The molecule has 0 radical (unpaired) electrons. The van der Waals surface area contributed by atoms with Crippen LogP contribution in [0.2, 0.25) is 0 Å². The summed E-state index contributed by atoms with van der Waals surface area (Å²) in [6.07, 6.45) is 9.99. The molecule has 0 saturated heterocycles. The Hall–Kier alpha value is -1.91. The summed E-state index contributed by atoms with van der Waals surface area (Å²) in [6.45, 7) is 6.64. The van der Waals surface area contributed by atoms with Gasteiger partial charge in [-0.25, -0.2) is 9.97 Å². The second-order valence-corrected chi connectivity index (χ2v) is 6.75. The van der Waals surface area contributed by atoms with Crippen molar-refractivity contribution in [3.8, 4) is 0 Å². The number of carbonyl (C=O) groups is 1. The number of nitrogens with zero attached hydrogens (tertiary/aromatic N) is 2. The van der Waals surface area contributed by atoms with E-state index in [4.69, 9.17) is 0 Å². The van der Waals surface area contributed by atoms with Gasteiger partial charge in [-0.2, -0.15) is 0 Å². The van der Waals surface area contributed by atoms with E-state index in [1.807, 2.05) is 20.8 Å². The topological polar surface area (TPSA) is 66.9 Å². The third kappa shape index (κ3) is 5.47. The highest BCUT2D eigenvalue weighted by Gasteiger charge is 2.16. The van der Waals surface area contributed by atoms with Crippen molar-refractivity contribution in [3.63, 3.8) is 0 Å². The predicted octanol–water partition coefficient (Wildman–Crippen LogP) is 3.31. The molecular formula is C17H26N4O. The van der Waals surface area contributed by atoms with Crippen LogP contribution in [0.4, 0.5) is 5.95 Å². The molecule has 0 saturated carbocycles. The molecule has 0 aromatic carbocycles. The number of rotatable bonds is 5. The van der Waals surface area contributed by atoms with Crippen molar-refractivity contribution >= 4 is 11.9 Å². The molecule has 120 valence electrons. The number of allylic oxidation sites excluding steroid dienone is 1. The van der Waals surface area contributed by atoms with Crippen LogP contribution in [-0.2, 0) is 0 Å². The lowest BCUT2D eigenvalue weighted by Crippen LogP contribution is -2.41. The number of aromatic nitrogens is 2. The van der Waals surface area contributed by atoms with Crippen LogP contribution in [0.3, 0.4) is 0 Å². The summed E-state index contributed by atoms with van der Waals surface area (Å²) in [5.74, 6) is 0.339. The molecule has 5 heteroatoms. The van der Waals surface area contributed by atoms with Gasteiger partial charge in [0.25, 0.3) is 5.91 Å². The van der Waals surface area contributed by atoms with Crippen molar-refractivity contribution in [3.05, 3.63) is 29.6 Å². The number of amides is 1. The molecule has 1 aliphatic carbocycles. The molecule has 0 unspecified atom stereocenters. The van der Waals surface area contributed by atoms with E-state index >= 15 is 0 Å². The van der Waals surface area contributed by atoms with Crippen LogP contribution in [0.1, 0.15) is 63.4 Å². The van der Waals surface area contributed by atoms with Gasteiger partial charge in [-0.15, -0.1) is 0 Å². The van der Waals surface area contributed by atoms with Crippen molar-refractivity contribution < 1.29 is 4.79 Å². The third-order valence-corrected chi connectivity index (χ3v) is 3.49. The van der Waals surface area contributed by atoms with Gasteiger partial charge >= 0.3 is 0 Å². The maximum atomic E-state index is 12.1. The third-order valence-electron chi connectivity index (χ3n) is 3.49. The first-order chi connectivity index (χ1) is 10.4. The molecule has 1 amide bonds. The van der Waals surface area contributed by atoms with Crippen LogP contribution >= 0.6 is 0 Å².